The molecule has 0 aliphatic carbocycles. The molecule has 0 fully saturated rings. The van der Waals surface area contributed by atoms with E-state index >= 15 is 0 Å². The van der Waals surface area contributed by atoms with Crippen LogP contribution in [0.4, 0.5) is 0 Å². The molecule has 100 valence electrons. The number of aromatic amines is 1. The average Bonchev–Trinajstić information content (AvgIpc) is 2.34. The fourth-order valence-electron chi connectivity index (χ4n) is 1.10. The number of nitrogens with one attached hydrogen (secondary N) is 2. The maximum atomic E-state index is 11.4. The van der Waals surface area contributed by atoms with E-state index in [2.05, 4.69) is 10.1 Å². The fraction of sp³-hybridized carbons (Fsp3) is 0.500. The third-order valence-corrected chi connectivity index (χ3v) is 3.16. The van der Waals surface area contributed by atoms with E-state index in [1.807, 2.05) is 5.43 Å². The fourth-order valence-corrected chi connectivity index (χ4v) is 2.07. The molecule has 0 aromatic carbocycles. The van der Waals surface area contributed by atoms with Gasteiger partial charge in [0.05, 0.1) is 6.61 Å². The number of thioether (sulfide) groups is 1. The van der Waals surface area contributed by atoms with Crippen molar-refractivity contribution in [1.29, 1.82) is 0 Å². The number of nitrogens with two attached hydrogens (primary N) is 1. The molecule has 9 nitrogen and oxygen atoms in total. The number of aryl methyl sites for hydroxylation is 1. The van der Waals surface area contributed by atoms with Crippen LogP contribution in [0.1, 0.15) is 0 Å². The van der Waals surface area contributed by atoms with Gasteiger partial charge in [-0.15, -0.1) is 0 Å². The molecule has 10 heteroatoms. The first-order valence-corrected chi connectivity index (χ1v) is 5.71. The number of ether oxygens (including phenoxy) is 1. The van der Waals surface area contributed by atoms with Gasteiger partial charge in [0.25, 0.3) is 0 Å². The lowest BCUT2D eigenvalue weighted by molar-refractivity contribution is -0.121. The molecule has 0 saturated carbocycles. The van der Waals surface area contributed by atoms with Gasteiger partial charge in [-0.3, -0.25) is 29.6 Å². The highest BCUT2D eigenvalue weighted by Crippen LogP contribution is 2.19. The van der Waals surface area contributed by atoms with Crippen molar-refractivity contribution in [3.05, 3.63) is 20.7 Å². The summed E-state index contributed by atoms with van der Waals surface area (Å²) < 4.78 is 6.12. The average molecular weight is 275 g/mol. The van der Waals surface area contributed by atoms with Crippen LogP contribution in [0.2, 0.25) is 0 Å². The zero-order valence-corrected chi connectivity index (χ0v) is 10.6. The second-order valence-electron chi connectivity index (χ2n) is 3.27. The third-order valence-electron chi connectivity index (χ3n) is 1.95. The summed E-state index contributed by atoms with van der Waals surface area (Å²) in [5.74, 6) is 4.56. The number of carbonyl (C=O) groups is 1. The number of hydrogen-bond donors (Lipinski definition) is 3. The summed E-state index contributed by atoms with van der Waals surface area (Å²) in [6.07, 6.45) is 0. The number of H-pyrrole nitrogens is 1. The van der Waals surface area contributed by atoms with Crippen molar-refractivity contribution < 1.29 is 9.53 Å². The lowest BCUT2D eigenvalue weighted by Gasteiger charge is -2.14. The Bertz CT molecular complexity index is 539. The van der Waals surface area contributed by atoms with Gasteiger partial charge in [-0.1, -0.05) is 11.8 Å². The van der Waals surface area contributed by atoms with Gasteiger partial charge < -0.3 is 4.74 Å². The highest BCUT2D eigenvalue weighted by atomic mass is 32.2. The largest absolute Gasteiger partial charge is 0.383 e. The maximum Gasteiger partial charge on any atom is 0.339 e. The van der Waals surface area contributed by atoms with Crippen LogP contribution in [0.5, 0.6) is 0 Å². The number of hydrazine groups is 1. The number of rotatable bonds is 5. The summed E-state index contributed by atoms with van der Waals surface area (Å²) in [4.78, 5) is 37.1. The van der Waals surface area contributed by atoms with E-state index in [9.17, 15) is 14.4 Å². The lowest BCUT2D eigenvalue weighted by atomic mass is 10.4. The molecule has 1 heterocycles. The molecule has 1 atom stereocenters. The highest BCUT2D eigenvalue weighted by molar-refractivity contribution is 8.00. The quantitative estimate of drug-likeness (QED) is 0.179. The summed E-state index contributed by atoms with van der Waals surface area (Å²) in [7, 11) is 2.93. The number of amides is 1. The Labute approximate surface area is 106 Å². The minimum atomic E-state index is -0.917. The van der Waals surface area contributed by atoms with Gasteiger partial charge in [-0.05, 0) is 0 Å². The topological polar surface area (TPSA) is 132 Å². The lowest BCUT2D eigenvalue weighted by Crippen LogP contribution is -2.40. The molecule has 0 spiro atoms. The van der Waals surface area contributed by atoms with Crippen molar-refractivity contribution in [2.45, 2.75) is 10.4 Å². The van der Waals surface area contributed by atoms with E-state index in [1.54, 1.807) is 0 Å². The molecule has 0 aliphatic rings. The number of aromatic nitrogens is 3. The third kappa shape index (κ3) is 3.42. The van der Waals surface area contributed by atoms with Crippen molar-refractivity contribution in [3.8, 4) is 0 Å². The molecule has 1 aromatic rings. The van der Waals surface area contributed by atoms with E-state index < -0.39 is 22.3 Å². The molecule has 0 radical (unpaired) electrons. The predicted octanol–water partition coefficient (Wildman–Crippen LogP) is -2.43. The van der Waals surface area contributed by atoms with Crippen LogP contribution < -0.4 is 22.4 Å². The number of carbonyl (C=O) groups excluding carboxylic acids is 1. The highest BCUT2D eigenvalue weighted by Gasteiger charge is 2.21. The van der Waals surface area contributed by atoms with Crippen LogP contribution >= 0.6 is 11.8 Å². The van der Waals surface area contributed by atoms with Crippen molar-refractivity contribution in [3.63, 3.8) is 0 Å². The number of hydrogen-bond acceptors (Lipinski definition) is 7. The molecular weight excluding hydrogens is 262 g/mol. The molecule has 0 aliphatic heterocycles. The molecule has 18 heavy (non-hydrogen) atoms. The first-order valence-electron chi connectivity index (χ1n) is 4.83. The van der Waals surface area contributed by atoms with Crippen LogP contribution in [0, 0.1) is 0 Å². The normalized spacial score (nSPS) is 12.2. The van der Waals surface area contributed by atoms with E-state index in [0.717, 1.165) is 11.8 Å². The van der Waals surface area contributed by atoms with Crippen molar-refractivity contribution in [2.24, 2.45) is 12.9 Å². The van der Waals surface area contributed by atoms with E-state index in [4.69, 9.17) is 10.6 Å². The summed E-state index contributed by atoms with van der Waals surface area (Å²) in [5, 5.41) is 1.78. The zero-order valence-electron chi connectivity index (χ0n) is 9.80. The second kappa shape index (κ2) is 6.33. The van der Waals surface area contributed by atoms with Gasteiger partial charge in [0, 0.05) is 14.2 Å². The summed E-state index contributed by atoms with van der Waals surface area (Å²) in [6.45, 7) is 0.0860. The van der Waals surface area contributed by atoms with Crippen LogP contribution in [0.15, 0.2) is 14.7 Å². The molecule has 0 bridgehead atoms. The summed E-state index contributed by atoms with van der Waals surface area (Å²) in [5.41, 5.74) is 0.246. The molecule has 4 N–H and O–H groups in total. The maximum absolute atomic E-state index is 11.4. The minimum absolute atomic E-state index is 0.0860. The Hall–Kier alpha value is -1.65. The Kier molecular flexibility index (Phi) is 5.07. The number of methoxy groups -OCH3 is 1. The second-order valence-corrected chi connectivity index (χ2v) is 4.44. The number of nitrogens with zero attached hydrogens (tertiary/aromatic N) is 2. The zero-order chi connectivity index (χ0) is 13.7. The SMILES string of the molecule is COCC(Sc1nc(=O)c(=O)[nH]n1C)C(=O)NN. The van der Waals surface area contributed by atoms with Crippen molar-refractivity contribution in [1.82, 2.24) is 20.2 Å². The van der Waals surface area contributed by atoms with Crippen LogP contribution in [0.3, 0.4) is 0 Å². The molecular formula is C8H13N5O4S. The Morgan fingerprint density at radius 3 is 2.89 bits per heavy atom. The van der Waals surface area contributed by atoms with Gasteiger partial charge in [-0.2, -0.15) is 4.98 Å². The van der Waals surface area contributed by atoms with Gasteiger partial charge in [0.1, 0.15) is 5.25 Å². The smallest absolute Gasteiger partial charge is 0.339 e. The summed E-state index contributed by atoms with van der Waals surface area (Å²) in [6, 6.07) is 0. The van der Waals surface area contributed by atoms with Gasteiger partial charge in [0.2, 0.25) is 5.91 Å². The monoisotopic (exact) mass is 275 g/mol. The Balaban J connectivity index is 3.00. The molecule has 1 aromatic heterocycles. The summed E-state index contributed by atoms with van der Waals surface area (Å²) >= 11 is 0.960. The van der Waals surface area contributed by atoms with E-state index in [1.165, 1.54) is 18.8 Å². The molecule has 1 amide bonds. The first kappa shape index (κ1) is 14.4. The van der Waals surface area contributed by atoms with Crippen molar-refractivity contribution in [2.75, 3.05) is 13.7 Å². The van der Waals surface area contributed by atoms with E-state index in [0.29, 0.717) is 0 Å². The van der Waals surface area contributed by atoms with Crippen molar-refractivity contribution >= 4 is 17.7 Å². The standard InChI is InChI=1S/C8H13N5O4S/c1-13-8(10-6(15)7(16)12-13)18-4(3-17-2)5(14)11-9/h4H,3,9H2,1-2H3,(H,11,14)(H,12,16). The minimum Gasteiger partial charge on any atom is -0.383 e. The van der Waals surface area contributed by atoms with Gasteiger partial charge >= 0.3 is 11.1 Å². The van der Waals surface area contributed by atoms with E-state index in [-0.39, 0.29) is 11.8 Å². The molecule has 1 rings (SSSR count). The van der Waals surface area contributed by atoms with Gasteiger partial charge in [0.15, 0.2) is 5.16 Å². The molecule has 0 saturated heterocycles. The van der Waals surface area contributed by atoms with Crippen LogP contribution in [0.25, 0.3) is 0 Å². The van der Waals surface area contributed by atoms with Crippen LogP contribution in [-0.2, 0) is 16.6 Å². The Morgan fingerprint density at radius 1 is 1.67 bits per heavy atom. The molecule has 1 unspecified atom stereocenters. The Morgan fingerprint density at radius 2 is 2.33 bits per heavy atom. The first-order chi connectivity index (χ1) is 8.49. The predicted molar refractivity (Wildman–Crippen MR) is 63.9 cm³/mol. The van der Waals surface area contributed by atoms with Crippen LogP contribution in [-0.4, -0.2) is 39.6 Å². The van der Waals surface area contributed by atoms with Gasteiger partial charge in [-0.25, -0.2) is 5.84 Å².